The lowest BCUT2D eigenvalue weighted by atomic mass is 9.87. The second-order valence-corrected chi connectivity index (χ2v) is 4.38. The van der Waals surface area contributed by atoms with E-state index in [1.54, 1.807) is 0 Å². The molecule has 0 bridgehead atoms. The second-order valence-electron chi connectivity index (χ2n) is 4.38. The molecule has 6 heteroatoms. The fourth-order valence-corrected chi connectivity index (χ4v) is 2.17. The van der Waals surface area contributed by atoms with Gasteiger partial charge in [-0.05, 0) is 32.5 Å². The van der Waals surface area contributed by atoms with Crippen molar-refractivity contribution in [3.8, 4) is 0 Å². The molecule has 1 rings (SSSR count). The number of hydrogen-bond donors (Lipinski definition) is 1. The zero-order chi connectivity index (χ0) is 12.2. The molecule has 0 aromatic rings. The number of methoxy groups -OCH3 is 1. The van der Waals surface area contributed by atoms with Crippen LogP contribution in [-0.2, 0) is 4.74 Å². The number of hydrogen-bond acceptors (Lipinski definition) is 3. The van der Waals surface area contributed by atoms with Gasteiger partial charge in [-0.3, -0.25) is 0 Å². The molecule has 1 atom stereocenters. The minimum atomic E-state index is -4.19. The van der Waals surface area contributed by atoms with Crippen LogP contribution in [0.4, 0.5) is 13.2 Å². The van der Waals surface area contributed by atoms with Crippen molar-refractivity contribution in [1.29, 1.82) is 0 Å². The number of nitrogens with zero attached hydrogens (tertiary/aromatic N) is 1. The van der Waals surface area contributed by atoms with Crippen LogP contribution in [0.1, 0.15) is 12.8 Å². The summed E-state index contributed by atoms with van der Waals surface area (Å²) >= 11 is 0. The first-order valence-corrected chi connectivity index (χ1v) is 5.43. The van der Waals surface area contributed by atoms with E-state index in [-0.39, 0.29) is 19.6 Å². The van der Waals surface area contributed by atoms with Gasteiger partial charge in [-0.25, -0.2) is 0 Å². The van der Waals surface area contributed by atoms with E-state index in [0.29, 0.717) is 19.6 Å². The van der Waals surface area contributed by atoms with Gasteiger partial charge in [-0.2, -0.15) is 13.2 Å². The summed E-state index contributed by atoms with van der Waals surface area (Å²) in [5.74, 6) is 0. The normalized spacial score (nSPS) is 27.6. The Kier molecular flexibility index (Phi) is 4.58. The summed E-state index contributed by atoms with van der Waals surface area (Å²) in [5, 5.41) is 0. The molecular formula is C10H19F3N2O. The Hall–Kier alpha value is -0.330. The van der Waals surface area contributed by atoms with Crippen LogP contribution in [0, 0.1) is 5.41 Å². The molecule has 1 fully saturated rings. The summed E-state index contributed by atoms with van der Waals surface area (Å²) in [5.41, 5.74) is 3.66. The van der Waals surface area contributed by atoms with Crippen LogP contribution in [0.25, 0.3) is 0 Å². The summed E-state index contributed by atoms with van der Waals surface area (Å²) in [4.78, 5) is 1.82. The van der Waals surface area contributed by atoms with Gasteiger partial charge in [-0.15, -0.1) is 0 Å². The molecule has 0 saturated carbocycles. The maximum Gasteiger partial charge on any atom is 0.397 e. The third-order valence-corrected chi connectivity index (χ3v) is 3.13. The number of ether oxygens (including phenoxy) is 1. The van der Waals surface area contributed by atoms with E-state index in [1.807, 2.05) is 4.90 Å². The van der Waals surface area contributed by atoms with Crippen molar-refractivity contribution in [3.05, 3.63) is 0 Å². The highest BCUT2D eigenvalue weighted by atomic mass is 19.4. The molecular weight excluding hydrogens is 221 g/mol. The standard InChI is InChI=1S/C10H19F3N2O/c1-16-8-9(10(11,12)13)3-6-15(7-9)5-2-4-14/h2-8,14H2,1H3. The van der Waals surface area contributed by atoms with Gasteiger partial charge in [0, 0.05) is 13.7 Å². The summed E-state index contributed by atoms with van der Waals surface area (Å²) < 4.78 is 43.6. The maximum atomic E-state index is 13.0. The highest BCUT2D eigenvalue weighted by Crippen LogP contribution is 2.45. The van der Waals surface area contributed by atoms with E-state index in [0.717, 1.165) is 6.42 Å². The summed E-state index contributed by atoms with van der Waals surface area (Å²) in [6.07, 6.45) is -3.34. The predicted molar refractivity (Wildman–Crippen MR) is 55.1 cm³/mol. The first-order chi connectivity index (χ1) is 7.45. The molecule has 16 heavy (non-hydrogen) atoms. The average Bonchev–Trinajstić information content (AvgIpc) is 2.59. The van der Waals surface area contributed by atoms with Crippen molar-refractivity contribution in [2.45, 2.75) is 19.0 Å². The molecule has 2 N–H and O–H groups in total. The quantitative estimate of drug-likeness (QED) is 0.785. The van der Waals surface area contributed by atoms with Crippen molar-refractivity contribution in [2.24, 2.45) is 11.1 Å². The van der Waals surface area contributed by atoms with Crippen LogP contribution in [0.3, 0.4) is 0 Å². The van der Waals surface area contributed by atoms with Crippen LogP contribution in [0.2, 0.25) is 0 Å². The van der Waals surface area contributed by atoms with Crippen molar-refractivity contribution in [3.63, 3.8) is 0 Å². The highest BCUT2D eigenvalue weighted by molar-refractivity contribution is 4.95. The summed E-state index contributed by atoms with van der Waals surface area (Å²) in [6.45, 7) is 1.40. The van der Waals surface area contributed by atoms with E-state index in [4.69, 9.17) is 10.5 Å². The van der Waals surface area contributed by atoms with Crippen LogP contribution >= 0.6 is 0 Å². The first-order valence-electron chi connectivity index (χ1n) is 5.43. The molecule has 1 heterocycles. The second kappa shape index (κ2) is 5.33. The smallest absolute Gasteiger partial charge is 0.384 e. The lowest BCUT2D eigenvalue weighted by Gasteiger charge is -2.31. The third-order valence-electron chi connectivity index (χ3n) is 3.13. The van der Waals surface area contributed by atoms with Crippen LogP contribution in [0.15, 0.2) is 0 Å². The zero-order valence-corrected chi connectivity index (χ0v) is 9.52. The zero-order valence-electron chi connectivity index (χ0n) is 9.52. The van der Waals surface area contributed by atoms with Crippen molar-refractivity contribution in [2.75, 3.05) is 39.9 Å². The van der Waals surface area contributed by atoms with E-state index < -0.39 is 11.6 Å². The molecule has 3 nitrogen and oxygen atoms in total. The first kappa shape index (κ1) is 13.7. The predicted octanol–water partition coefficient (Wildman–Crippen LogP) is 1.24. The maximum absolute atomic E-state index is 13.0. The third kappa shape index (κ3) is 2.87. The Labute approximate surface area is 93.7 Å². The van der Waals surface area contributed by atoms with Gasteiger partial charge in [0.25, 0.3) is 0 Å². The van der Waals surface area contributed by atoms with Crippen molar-refractivity contribution >= 4 is 0 Å². The Bertz CT molecular complexity index is 223. The molecule has 96 valence electrons. The van der Waals surface area contributed by atoms with Crippen LogP contribution in [-0.4, -0.2) is 51.0 Å². The Morgan fingerprint density at radius 2 is 2.12 bits per heavy atom. The van der Waals surface area contributed by atoms with Crippen LogP contribution in [0.5, 0.6) is 0 Å². The lowest BCUT2D eigenvalue weighted by molar-refractivity contribution is -0.233. The van der Waals surface area contributed by atoms with Gasteiger partial charge in [0.05, 0.1) is 6.61 Å². The Morgan fingerprint density at radius 1 is 1.44 bits per heavy atom. The molecule has 0 radical (unpaired) electrons. The van der Waals surface area contributed by atoms with Gasteiger partial charge < -0.3 is 15.4 Å². The molecule has 0 amide bonds. The largest absolute Gasteiger partial charge is 0.397 e. The van der Waals surface area contributed by atoms with E-state index >= 15 is 0 Å². The number of alkyl halides is 3. The molecule has 1 saturated heterocycles. The molecule has 0 aromatic heterocycles. The van der Waals surface area contributed by atoms with Crippen LogP contribution < -0.4 is 5.73 Å². The van der Waals surface area contributed by atoms with Gasteiger partial charge in [0.1, 0.15) is 5.41 Å². The highest BCUT2D eigenvalue weighted by Gasteiger charge is 2.57. The van der Waals surface area contributed by atoms with Gasteiger partial charge in [-0.1, -0.05) is 0 Å². The molecule has 1 unspecified atom stereocenters. The monoisotopic (exact) mass is 240 g/mol. The fourth-order valence-electron chi connectivity index (χ4n) is 2.17. The van der Waals surface area contributed by atoms with Crippen molar-refractivity contribution in [1.82, 2.24) is 4.90 Å². The van der Waals surface area contributed by atoms with Crippen molar-refractivity contribution < 1.29 is 17.9 Å². The minimum absolute atomic E-state index is 0.0321. The van der Waals surface area contributed by atoms with E-state index in [1.165, 1.54) is 7.11 Å². The summed E-state index contributed by atoms with van der Waals surface area (Å²) in [7, 11) is 1.32. The topological polar surface area (TPSA) is 38.5 Å². The lowest BCUT2D eigenvalue weighted by Crippen LogP contribution is -2.44. The van der Waals surface area contributed by atoms with Gasteiger partial charge in [0.2, 0.25) is 0 Å². The molecule has 0 spiro atoms. The van der Waals surface area contributed by atoms with Gasteiger partial charge in [0.15, 0.2) is 0 Å². The Morgan fingerprint density at radius 3 is 2.62 bits per heavy atom. The molecule has 0 aromatic carbocycles. The fraction of sp³-hybridized carbons (Fsp3) is 1.00. The Balaban J connectivity index is 2.62. The average molecular weight is 240 g/mol. The molecule has 1 aliphatic heterocycles. The number of halogens is 3. The van der Waals surface area contributed by atoms with E-state index in [9.17, 15) is 13.2 Å². The number of likely N-dealkylation sites (tertiary alicyclic amines) is 1. The summed E-state index contributed by atoms with van der Waals surface area (Å²) in [6, 6.07) is 0. The number of rotatable bonds is 5. The minimum Gasteiger partial charge on any atom is -0.384 e. The van der Waals surface area contributed by atoms with Gasteiger partial charge >= 0.3 is 6.18 Å². The molecule has 0 aliphatic carbocycles. The SMILES string of the molecule is COCC1(C(F)(F)F)CCN(CCCN)C1. The number of nitrogens with two attached hydrogens (primary N) is 1. The molecule has 1 aliphatic rings. The van der Waals surface area contributed by atoms with E-state index in [2.05, 4.69) is 0 Å².